The number of carbonyl (C=O) groups is 1. The van der Waals surface area contributed by atoms with Crippen LogP contribution in [-0.2, 0) is 4.79 Å². The number of benzene rings is 2. The Balaban J connectivity index is 1.58. The quantitative estimate of drug-likeness (QED) is 0.341. The van der Waals surface area contributed by atoms with Crippen LogP contribution >= 0.6 is 23.1 Å². The summed E-state index contributed by atoms with van der Waals surface area (Å²) >= 11 is 3.05. The lowest BCUT2D eigenvalue weighted by Gasteiger charge is -2.12. The van der Waals surface area contributed by atoms with Gasteiger partial charge in [-0.2, -0.15) is 0 Å². The van der Waals surface area contributed by atoms with Crippen LogP contribution in [0.4, 0.5) is 5.69 Å². The zero-order valence-corrected chi connectivity index (χ0v) is 17.2. The second-order valence-corrected chi connectivity index (χ2v) is 8.36. The minimum Gasteiger partial charge on any atom is -0.325 e. The number of para-hydroxylation sites is 2. The van der Waals surface area contributed by atoms with Crippen LogP contribution in [0.3, 0.4) is 0 Å². The minimum atomic E-state index is -0.0391. The van der Waals surface area contributed by atoms with E-state index in [-0.39, 0.29) is 5.91 Å². The molecule has 2 aromatic heterocycles. The van der Waals surface area contributed by atoms with Gasteiger partial charge in [-0.05, 0) is 42.5 Å². The summed E-state index contributed by atoms with van der Waals surface area (Å²) in [5.41, 5.74) is 3.90. The first-order valence-corrected chi connectivity index (χ1v) is 10.8. The van der Waals surface area contributed by atoms with Gasteiger partial charge in [0.15, 0.2) is 5.82 Å². The van der Waals surface area contributed by atoms with Crippen molar-refractivity contribution < 1.29 is 4.79 Å². The molecule has 4 rings (SSSR count). The highest BCUT2D eigenvalue weighted by atomic mass is 32.2. The SMILES string of the molecule is Cc1cccc(C)c1NC(=O)CSc1nc(-c2cccs2)nc2ccccc12. The van der Waals surface area contributed by atoms with Crippen molar-refractivity contribution in [3.05, 3.63) is 71.1 Å². The molecule has 4 nitrogen and oxygen atoms in total. The number of nitrogens with zero attached hydrogens (tertiary/aromatic N) is 2. The van der Waals surface area contributed by atoms with Gasteiger partial charge in [-0.1, -0.05) is 54.2 Å². The molecular weight excluding hydrogens is 386 g/mol. The van der Waals surface area contributed by atoms with Crippen molar-refractivity contribution in [2.24, 2.45) is 0 Å². The first-order valence-electron chi connectivity index (χ1n) is 8.91. The molecule has 0 saturated heterocycles. The number of rotatable bonds is 5. The summed E-state index contributed by atoms with van der Waals surface area (Å²) in [6, 6.07) is 17.9. The fourth-order valence-corrected chi connectivity index (χ4v) is 4.47. The van der Waals surface area contributed by atoms with Crippen molar-refractivity contribution >= 4 is 45.6 Å². The summed E-state index contributed by atoms with van der Waals surface area (Å²) in [6.07, 6.45) is 0. The molecule has 4 aromatic rings. The van der Waals surface area contributed by atoms with Crippen molar-refractivity contribution in [1.29, 1.82) is 0 Å². The Morgan fingerprint density at radius 1 is 1.00 bits per heavy atom. The van der Waals surface area contributed by atoms with Crippen LogP contribution in [0.1, 0.15) is 11.1 Å². The topological polar surface area (TPSA) is 54.9 Å². The Morgan fingerprint density at radius 2 is 1.79 bits per heavy atom. The molecule has 0 atom stereocenters. The molecule has 6 heteroatoms. The average molecular weight is 406 g/mol. The number of aromatic nitrogens is 2. The largest absolute Gasteiger partial charge is 0.325 e. The number of thiophene rings is 1. The van der Waals surface area contributed by atoms with E-state index >= 15 is 0 Å². The van der Waals surface area contributed by atoms with Gasteiger partial charge < -0.3 is 5.32 Å². The van der Waals surface area contributed by atoms with Gasteiger partial charge in [-0.25, -0.2) is 9.97 Å². The molecule has 0 aliphatic rings. The van der Waals surface area contributed by atoms with E-state index in [4.69, 9.17) is 4.98 Å². The normalized spacial score (nSPS) is 10.9. The molecule has 0 fully saturated rings. The van der Waals surface area contributed by atoms with E-state index in [1.54, 1.807) is 11.3 Å². The van der Waals surface area contributed by atoms with Gasteiger partial charge in [0.2, 0.25) is 5.91 Å². The second-order valence-electron chi connectivity index (χ2n) is 6.45. The highest BCUT2D eigenvalue weighted by Gasteiger charge is 2.13. The summed E-state index contributed by atoms with van der Waals surface area (Å²) in [4.78, 5) is 23.0. The van der Waals surface area contributed by atoms with Crippen molar-refractivity contribution in [2.45, 2.75) is 18.9 Å². The zero-order valence-electron chi connectivity index (χ0n) is 15.6. The van der Waals surface area contributed by atoms with Gasteiger partial charge >= 0.3 is 0 Å². The summed E-state index contributed by atoms with van der Waals surface area (Å²) in [7, 11) is 0. The smallest absolute Gasteiger partial charge is 0.234 e. The van der Waals surface area contributed by atoms with Crippen LogP contribution in [0.5, 0.6) is 0 Å². The summed E-state index contributed by atoms with van der Waals surface area (Å²) < 4.78 is 0. The van der Waals surface area contributed by atoms with Gasteiger partial charge in [0.05, 0.1) is 16.1 Å². The molecule has 0 aliphatic carbocycles. The lowest BCUT2D eigenvalue weighted by Crippen LogP contribution is -2.16. The average Bonchev–Trinajstić information content (AvgIpc) is 3.24. The highest BCUT2D eigenvalue weighted by molar-refractivity contribution is 8.00. The molecule has 2 aromatic carbocycles. The molecule has 1 amide bonds. The third-order valence-corrected chi connectivity index (χ3v) is 6.25. The van der Waals surface area contributed by atoms with Crippen LogP contribution in [0.2, 0.25) is 0 Å². The Morgan fingerprint density at radius 3 is 2.54 bits per heavy atom. The Hall–Kier alpha value is -2.70. The summed E-state index contributed by atoms with van der Waals surface area (Å²) in [6.45, 7) is 4.00. The number of hydrogen-bond acceptors (Lipinski definition) is 5. The van der Waals surface area contributed by atoms with E-state index in [9.17, 15) is 4.79 Å². The minimum absolute atomic E-state index is 0.0391. The van der Waals surface area contributed by atoms with Crippen LogP contribution in [0.25, 0.3) is 21.6 Å². The molecule has 0 unspecified atom stereocenters. The predicted octanol–water partition coefficient (Wildman–Crippen LogP) is 5.71. The highest BCUT2D eigenvalue weighted by Crippen LogP contribution is 2.30. The first-order chi connectivity index (χ1) is 13.6. The van der Waals surface area contributed by atoms with Crippen molar-refractivity contribution in [1.82, 2.24) is 9.97 Å². The standard InChI is InChI=1S/C22H19N3OS2/c1-14-7-5-8-15(2)20(14)24-19(26)13-28-22-16-9-3-4-10-17(16)23-21(25-22)18-11-6-12-27-18/h3-12H,13H2,1-2H3,(H,24,26). The van der Waals surface area contributed by atoms with Gasteiger partial charge in [0.25, 0.3) is 0 Å². The van der Waals surface area contributed by atoms with Crippen LogP contribution in [0, 0.1) is 13.8 Å². The Bertz CT molecular complexity index is 1120. The number of thioether (sulfide) groups is 1. The van der Waals surface area contributed by atoms with E-state index in [2.05, 4.69) is 10.3 Å². The number of carbonyl (C=O) groups excluding carboxylic acids is 1. The first kappa shape index (κ1) is 18.7. The molecule has 0 aliphatic heterocycles. The summed E-state index contributed by atoms with van der Waals surface area (Å²) in [5, 5.41) is 6.84. The lowest BCUT2D eigenvalue weighted by atomic mass is 10.1. The lowest BCUT2D eigenvalue weighted by molar-refractivity contribution is -0.113. The number of hydrogen-bond donors (Lipinski definition) is 1. The molecule has 0 radical (unpaired) electrons. The maximum absolute atomic E-state index is 12.6. The predicted molar refractivity (Wildman–Crippen MR) is 118 cm³/mol. The van der Waals surface area contributed by atoms with Crippen molar-refractivity contribution in [3.63, 3.8) is 0 Å². The molecule has 0 spiro atoms. The third kappa shape index (κ3) is 3.93. The monoisotopic (exact) mass is 405 g/mol. The molecule has 28 heavy (non-hydrogen) atoms. The number of anilines is 1. The van der Waals surface area contributed by atoms with E-state index in [1.165, 1.54) is 11.8 Å². The van der Waals surface area contributed by atoms with Crippen molar-refractivity contribution in [2.75, 3.05) is 11.1 Å². The molecular formula is C22H19N3OS2. The number of fused-ring (bicyclic) bond motifs is 1. The fourth-order valence-electron chi connectivity index (χ4n) is 2.99. The van der Waals surface area contributed by atoms with Crippen LogP contribution < -0.4 is 5.32 Å². The molecule has 0 bridgehead atoms. The van der Waals surface area contributed by atoms with Gasteiger partial charge in [-0.3, -0.25) is 4.79 Å². The molecule has 2 heterocycles. The number of amides is 1. The second kappa shape index (κ2) is 8.12. The number of nitrogens with one attached hydrogen (secondary N) is 1. The van der Waals surface area contributed by atoms with E-state index in [0.717, 1.165) is 37.6 Å². The molecule has 140 valence electrons. The van der Waals surface area contributed by atoms with E-state index < -0.39 is 0 Å². The fraction of sp³-hybridized carbons (Fsp3) is 0.136. The van der Waals surface area contributed by atoms with Crippen LogP contribution in [0.15, 0.2) is 65.0 Å². The van der Waals surface area contributed by atoms with Crippen LogP contribution in [-0.4, -0.2) is 21.6 Å². The maximum atomic E-state index is 12.6. The maximum Gasteiger partial charge on any atom is 0.234 e. The third-order valence-electron chi connectivity index (χ3n) is 4.40. The zero-order chi connectivity index (χ0) is 19.5. The Labute approximate surface area is 172 Å². The molecule has 1 N–H and O–H groups in total. The number of aryl methyl sites for hydroxylation is 2. The Kier molecular flexibility index (Phi) is 5.41. The molecule has 0 saturated carbocycles. The van der Waals surface area contributed by atoms with E-state index in [0.29, 0.717) is 11.6 Å². The van der Waals surface area contributed by atoms with Gasteiger partial charge in [-0.15, -0.1) is 11.3 Å². The van der Waals surface area contributed by atoms with Gasteiger partial charge in [0.1, 0.15) is 5.03 Å². The summed E-state index contributed by atoms with van der Waals surface area (Å²) in [5.74, 6) is 0.952. The van der Waals surface area contributed by atoms with Gasteiger partial charge in [0, 0.05) is 11.1 Å². The van der Waals surface area contributed by atoms with Crippen molar-refractivity contribution in [3.8, 4) is 10.7 Å². The van der Waals surface area contributed by atoms with E-state index in [1.807, 2.05) is 73.8 Å².